The molecule has 1 fully saturated rings. The predicted octanol–water partition coefficient (Wildman–Crippen LogP) is 1.39. The summed E-state index contributed by atoms with van der Waals surface area (Å²) >= 11 is 1.47. The van der Waals surface area contributed by atoms with Gasteiger partial charge in [0.15, 0.2) is 0 Å². The van der Waals surface area contributed by atoms with E-state index >= 15 is 0 Å². The molecule has 0 aliphatic carbocycles. The topological polar surface area (TPSA) is 70.1 Å². The fourth-order valence-corrected chi connectivity index (χ4v) is 3.04. The minimum Gasteiger partial charge on any atom is -0.354 e. The van der Waals surface area contributed by atoms with Gasteiger partial charge in [-0.3, -0.25) is 0 Å². The smallest absolute Gasteiger partial charge is 0.224 e. The third-order valence-electron chi connectivity index (χ3n) is 3.37. The summed E-state index contributed by atoms with van der Waals surface area (Å²) in [7, 11) is 0. The molecule has 1 aliphatic rings. The van der Waals surface area contributed by atoms with E-state index in [1.165, 1.54) is 11.5 Å². The molecule has 8 heteroatoms. The third kappa shape index (κ3) is 3.21. The monoisotopic (exact) mass is 305 g/mol. The lowest BCUT2D eigenvalue weighted by atomic mass is 10.3. The van der Waals surface area contributed by atoms with E-state index in [-0.39, 0.29) is 0 Å². The van der Waals surface area contributed by atoms with Crippen molar-refractivity contribution in [2.24, 2.45) is 0 Å². The molecule has 0 unspecified atom stereocenters. The molecule has 0 saturated carbocycles. The van der Waals surface area contributed by atoms with Crippen LogP contribution < -0.4 is 15.1 Å². The summed E-state index contributed by atoms with van der Waals surface area (Å²) in [6, 6.07) is 1.96. The number of hydrogen-bond donors (Lipinski definition) is 1. The van der Waals surface area contributed by atoms with Gasteiger partial charge in [0.05, 0.1) is 0 Å². The van der Waals surface area contributed by atoms with E-state index in [2.05, 4.69) is 34.4 Å². The highest BCUT2D eigenvalue weighted by atomic mass is 32.1. The lowest BCUT2D eigenvalue weighted by molar-refractivity contribution is 0.645. The van der Waals surface area contributed by atoms with Gasteiger partial charge in [-0.15, -0.1) is 0 Å². The van der Waals surface area contributed by atoms with Gasteiger partial charge in [-0.05, 0) is 19.9 Å². The minimum absolute atomic E-state index is 0.692. The normalized spacial score (nSPS) is 15.3. The molecular weight excluding hydrogens is 286 g/mol. The molecule has 0 spiro atoms. The van der Waals surface area contributed by atoms with Crippen molar-refractivity contribution in [1.29, 1.82) is 0 Å². The van der Waals surface area contributed by atoms with Gasteiger partial charge >= 0.3 is 0 Å². The number of hydrogen-bond acceptors (Lipinski definition) is 8. The number of piperazine rings is 1. The first-order valence-corrected chi connectivity index (χ1v) is 7.90. The van der Waals surface area contributed by atoms with Crippen molar-refractivity contribution < 1.29 is 0 Å². The van der Waals surface area contributed by atoms with Gasteiger partial charge in [-0.2, -0.15) is 9.36 Å². The minimum atomic E-state index is 0.692. The van der Waals surface area contributed by atoms with Crippen molar-refractivity contribution in [3.8, 4) is 0 Å². The highest BCUT2D eigenvalue weighted by Gasteiger charge is 2.20. The second-order valence-corrected chi connectivity index (χ2v) is 5.60. The fraction of sp³-hybridized carbons (Fsp3) is 0.538. The molecule has 1 N–H and O–H groups in total. The van der Waals surface area contributed by atoms with E-state index < -0.39 is 0 Å². The van der Waals surface area contributed by atoms with Crippen molar-refractivity contribution in [2.45, 2.75) is 13.8 Å². The molecule has 3 heterocycles. The van der Waals surface area contributed by atoms with E-state index in [4.69, 9.17) is 0 Å². The van der Waals surface area contributed by atoms with Crippen LogP contribution in [0.15, 0.2) is 12.3 Å². The molecule has 7 nitrogen and oxygen atoms in total. The summed E-state index contributed by atoms with van der Waals surface area (Å²) in [6.45, 7) is 8.54. The summed E-state index contributed by atoms with van der Waals surface area (Å²) in [5, 5.41) is 4.17. The predicted molar refractivity (Wildman–Crippen MR) is 85.3 cm³/mol. The molecule has 0 aromatic carbocycles. The van der Waals surface area contributed by atoms with Crippen LogP contribution in [0.5, 0.6) is 0 Å². The molecule has 0 atom stereocenters. The second kappa shape index (κ2) is 6.21. The van der Waals surface area contributed by atoms with Crippen molar-refractivity contribution in [3.05, 3.63) is 18.1 Å². The van der Waals surface area contributed by atoms with Gasteiger partial charge in [0.25, 0.3) is 0 Å². The van der Waals surface area contributed by atoms with Crippen molar-refractivity contribution in [3.63, 3.8) is 0 Å². The number of nitrogens with zero attached hydrogens (tertiary/aromatic N) is 6. The van der Waals surface area contributed by atoms with Crippen LogP contribution in [-0.2, 0) is 0 Å². The first kappa shape index (κ1) is 14.0. The van der Waals surface area contributed by atoms with E-state index in [0.717, 1.165) is 49.5 Å². The molecular formula is C13H19N7S. The molecule has 0 radical (unpaired) electrons. The van der Waals surface area contributed by atoms with Gasteiger partial charge < -0.3 is 15.1 Å². The first-order chi connectivity index (χ1) is 10.3. The summed E-state index contributed by atoms with van der Waals surface area (Å²) in [5.74, 6) is 2.52. The molecule has 1 saturated heterocycles. The van der Waals surface area contributed by atoms with Crippen LogP contribution in [0.1, 0.15) is 12.7 Å². The van der Waals surface area contributed by atoms with Crippen LogP contribution in [0.25, 0.3) is 0 Å². The molecule has 1 aliphatic heterocycles. The van der Waals surface area contributed by atoms with E-state index in [0.29, 0.717) is 5.95 Å². The van der Waals surface area contributed by atoms with Gasteiger partial charge in [0.1, 0.15) is 11.6 Å². The van der Waals surface area contributed by atoms with Crippen molar-refractivity contribution >= 4 is 28.4 Å². The van der Waals surface area contributed by atoms with Crippen LogP contribution in [-0.4, -0.2) is 52.0 Å². The zero-order valence-corrected chi connectivity index (χ0v) is 13.1. The Morgan fingerprint density at radius 1 is 1.19 bits per heavy atom. The van der Waals surface area contributed by atoms with Crippen LogP contribution in [0.2, 0.25) is 0 Å². The van der Waals surface area contributed by atoms with Gasteiger partial charge in [-0.25, -0.2) is 9.97 Å². The summed E-state index contributed by atoms with van der Waals surface area (Å²) in [4.78, 5) is 17.8. The van der Waals surface area contributed by atoms with Crippen LogP contribution >= 0.6 is 11.5 Å². The average molecular weight is 305 g/mol. The summed E-state index contributed by atoms with van der Waals surface area (Å²) in [5.41, 5.74) is 0. The summed E-state index contributed by atoms with van der Waals surface area (Å²) < 4.78 is 4.25. The fourth-order valence-electron chi connectivity index (χ4n) is 2.31. The molecule has 0 amide bonds. The molecule has 112 valence electrons. The highest BCUT2D eigenvalue weighted by Crippen LogP contribution is 2.21. The van der Waals surface area contributed by atoms with Crippen LogP contribution in [0.4, 0.5) is 16.9 Å². The lowest BCUT2D eigenvalue weighted by Crippen LogP contribution is -2.46. The Morgan fingerprint density at radius 3 is 2.62 bits per heavy atom. The molecule has 2 aromatic heterocycles. The van der Waals surface area contributed by atoms with Crippen LogP contribution in [0, 0.1) is 6.92 Å². The number of aromatic nitrogens is 4. The maximum atomic E-state index is 4.55. The quantitative estimate of drug-likeness (QED) is 0.915. The van der Waals surface area contributed by atoms with Crippen LogP contribution in [0.3, 0.4) is 0 Å². The Bertz CT molecular complexity index is 592. The maximum absolute atomic E-state index is 4.55. The lowest BCUT2D eigenvalue weighted by Gasteiger charge is -2.35. The Labute approximate surface area is 128 Å². The Balaban J connectivity index is 1.64. The Hall–Kier alpha value is -1.96. The second-order valence-electron chi connectivity index (χ2n) is 4.87. The van der Waals surface area contributed by atoms with Gasteiger partial charge in [0.2, 0.25) is 11.1 Å². The number of rotatable bonds is 4. The van der Waals surface area contributed by atoms with E-state index in [1.807, 2.05) is 19.9 Å². The Kier molecular flexibility index (Phi) is 4.14. The average Bonchev–Trinajstić information content (AvgIpc) is 2.95. The van der Waals surface area contributed by atoms with E-state index in [9.17, 15) is 0 Å². The Morgan fingerprint density at radius 2 is 1.95 bits per heavy atom. The van der Waals surface area contributed by atoms with Crippen molar-refractivity contribution in [2.75, 3.05) is 47.8 Å². The van der Waals surface area contributed by atoms with Crippen molar-refractivity contribution in [1.82, 2.24) is 19.3 Å². The molecule has 2 aromatic rings. The highest BCUT2D eigenvalue weighted by molar-refractivity contribution is 7.09. The zero-order chi connectivity index (χ0) is 14.7. The first-order valence-electron chi connectivity index (χ1n) is 7.13. The molecule has 21 heavy (non-hydrogen) atoms. The maximum Gasteiger partial charge on any atom is 0.224 e. The van der Waals surface area contributed by atoms with Gasteiger partial charge in [0, 0.05) is 50.5 Å². The standard InChI is InChI=1S/C13H19N7S/c1-3-14-12-15-5-4-11(17-12)19-6-8-20(9-7-19)13-16-10(2)18-21-13/h4-5H,3,6-9H2,1-2H3,(H,14,15,17). The largest absolute Gasteiger partial charge is 0.354 e. The molecule has 3 rings (SSSR count). The number of anilines is 3. The zero-order valence-electron chi connectivity index (χ0n) is 12.3. The number of aryl methyl sites for hydroxylation is 1. The molecule has 0 bridgehead atoms. The number of nitrogens with one attached hydrogen (secondary N) is 1. The van der Waals surface area contributed by atoms with E-state index in [1.54, 1.807) is 6.20 Å². The third-order valence-corrected chi connectivity index (χ3v) is 4.24. The SMILES string of the molecule is CCNc1nccc(N2CCN(c3nc(C)ns3)CC2)n1. The van der Waals surface area contributed by atoms with Gasteiger partial charge in [-0.1, -0.05) is 0 Å². The summed E-state index contributed by atoms with van der Waals surface area (Å²) in [6.07, 6.45) is 1.81.